The molecule has 1 N–H and O–H groups in total. The average molecular weight is 439 g/mol. The molecule has 9 heteroatoms. The van der Waals surface area contributed by atoms with E-state index in [9.17, 15) is 31.1 Å². The minimum Gasteiger partial charge on any atom is -0.489 e. The standard InChI is InChI=1S/C22H15F6NO2/c23-21(24,25)16-10-17(22(26,27)28)12-18(11-16)29-20(30)15-6-8-19(9-7-15)31-13-14-4-2-1-3-5-14/h1-12H,13H2,(H,29,30). The molecule has 0 bridgehead atoms. The summed E-state index contributed by atoms with van der Waals surface area (Å²) in [7, 11) is 0. The Kier molecular flexibility index (Phi) is 6.24. The Morgan fingerprint density at radius 1 is 0.774 bits per heavy atom. The summed E-state index contributed by atoms with van der Waals surface area (Å²) in [6.07, 6.45) is -10.0. The van der Waals surface area contributed by atoms with E-state index in [0.29, 0.717) is 17.9 Å². The monoisotopic (exact) mass is 439 g/mol. The maximum Gasteiger partial charge on any atom is 0.416 e. The lowest BCUT2D eigenvalue weighted by Crippen LogP contribution is -2.15. The number of benzene rings is 3. The predicted octanol–water partition coefficient (Wildman–Crippen LogP) is 6.56. The first-order valence-electron chi connectivity index (χ1n) is 8.90. The third kappa shape index (κ3) is 6.00. The molecule has 0 aliphatic carbocycles. The molecule has 3 aromatic carbocycles. The van der Waals surface area contributed by atoms with Gasteiger partial charge in [-0.25, -0.2) is 0 Å². The number of carbonyl (C=O) groups excluding carboxylic acids is 1. The summed E-state index contributed by atoms with van der Waals surface area (Å²) in [4.78, 5) is 12.3. The predicted molar refractivity (Wildman–Crippen MR) is 102 cm³/mol. The molecule has 3 aromatic rings. The highest BCUT2D eigenvalue weighted by Crippen LogP contribution is 2.37. The van der Waals surface area contributed by atoms with E-state index in [2.05, 4.69) is 5.32 Å². The van der Waals surface area contributed by atoms with Crippen molar-refractivity contribution < 1.29 is 35.9 Å². The molecule has 0 aliphatic rings. The van der Waals surface area contributed by atoms with Crippen LogP contribution in [0.1, 0.15) is 27.0 Å². The zero-order valence-corrected chi connectivity index (χ0v) is 15.7. The minimum absolute atomic E-state index is 0.00543. The fraction of sp³-hybridized carbons (Fsp3) is 0.136. The van der Waals surface area contributed by atoms with Crippen LogP contribution in [0.25, 0.3) is 0 Å². The smallest absolute Gasteiger partial charge is 0.416 e. The Morgan fingerprint density at radius 3 is 1.84 bits per heavy atom. The first-order chi connectivity index (χ1) is 14.5. The first-order valence-corrected chi connectivity index (χ1v) is 8.90. The number of ether oxygens (including phenoxy) is 1. The Balaban J connectivity index is 1.73. The van der Waals surface area contributed by atoms with Crippen molar-refractivity contribution in [1.29, 1.82) is 0 Å². The first kappa shape index (κ1) is 22.2. The Labute approximate surface area is 173 Å². The molecule has 0 fully saturated rings. The van der Waals surface area contributed by atoms with Gasteiger partial charge in [0.2, 0.25) is 0 Å². The summed E-state index contributed by atoms with van der Waals surface area (Å²) < 4.78 is 83.2. The van der Waals surface area contributed by atoms with Crippen LogP contribution in [-0.2, 0) is 19.0 Å². The van der Waals surface area contributed by atoms with Crippen molar-refractivity contribution in [3.63, 3.8) is 0 Å². The molecule has 0 aromatic heterocycles. The molecule has 0 aliphatic heterocycles. The number of amides is 1. The molecule has 0 atom stereocenters. The van der Waals surface area contributed by atoms with Crippen molar-refractivity contribution in [3.8, 4) is 5.75 Å². The highest BCUT2D eigenvalue weighted by atomic mass is 19.4. The largest absolute Gasteiger partial charge is 0.489 e. The second-order valence-electron chi connectivity index (χ2n) is 6.55. The van der Waals surface area contributed by atoms with E-state index < -0.39 is 35.1 Å². The molecule has 3 rings (SSSR count). The molecule has 1 amide bonds. The highest BCUT2D eigenvalue weighted by molar-refractivity contribution is 6.04. The van der Waals surface area contributed by atoms with Crippen molar-refractivity contribution >= 4 is 11.6 Å². The number of hydrogen-bond acceptors (Lipinski definition) is 2. The molecule has 31 heavy (non-hydrogen) atoms. The SMILES string of the molecule is O=C(Nc1cc(C(F)(F)F)cc(C(F)(F)F)c1)c1ccc(OCc2ccccc2)cc1. The summed E-state index contributed by atoms with van der Waals surface area (Å²) in [5.74, 6) is -0.416. The van der Waals surface area contributed by atoms with Gasteiger partial charge < -0.3 is 10.1 Å². The molecular formula is C22H15F6NO2. The van der Waals surface area contributed by atoms with Crippen molar-refractivity contribution in [1.82, 2.24) is 0 Å². The summed E-state index contributed by atoms with van der Waals surface area (Å²) in [6.45, 7) is 0.289. The van der Waals surface area contributed by atoms with Crippen LogP contribution in [0, 0.1) is 0 Å². The Bertz CT molecular complexity index is 1010. The molecule has 0 saturated carbocycles. The van der Waals surface area contributed by atoms with E-state index in [1.807, 2.05) is 30.3 Å². The quantitative estimate of drug-likeness (QED) is 0.458. The van der Waals surface area contributed by atoms with Crippen LogP contribution < -0.4 is 10.1 Å². The highest BCUT2D eigenvalue weighted by Gasteiger charge is 2.37. The van der Waals surface area contributed by atoms with Crippen molar-refractivity contribution in [2.45, 2.75) is 19.0 Å². The van der Waals surface area contributed by atoms with E-state index in [0.717, 1.165) is 5.56 Å². The summed E-state index contributed by atoms with van der Waals surface area (Å²) >= 11 is 0. The van der Waals surface area contributed by atoms with Crippen LogP contribution in [0.15, 0.2) is 72.8 Å². The van der Waals surface area contributed by atoms with Gasteiger partial charge in [0.15, 0.2) is 0 Å². The number of anilines is 1. The molecule has 0 spiro atoms. The number of nitrogens with one attached hydrogen (secondary N) is 1. The van der Waals surface area contributed by atoms with Gasteiger partial charge in [-0.2, -0.15) is 26.3 Å². The second-order valence-corrected chi connectivity index (χ2v) is 6.55. The van der Waals surface area contributed by atoms with Crippen LogP contribution in [0.5, 0.6) is 5.75 Å². The van der Waals surface area contributed by atoms with E-state index >= 15 is 0 Å². The van der Waals surface area contributed by atoms with E-state index in [1.165, 1.54) is 24.3 Å². The van der Waals surface area contributed by atoms with Crippen LogP contribution >= 0.6 is 0 Å². The van der Waals surface area contributed by atoms with Crippen molar-refractivity contribution in [2.24, 2.45) is 0 Å². The molecule has 0 saturated heterocycles. The van der Waals surface area contributed by atoms with Crippen LogP contribution in [-0.4, -0.2) is 5.91 Å². The van der Waals surface area contributed by atoms with Gasteiger partial charge in [0.05, 0.1) is 11.1 Å². The fourth-order valence-electron chi connectivity index (χ4n) is 2.67. The average Bonchev–Trinajstić information content (AvgIpc) is 2.72. The minimum atomic E-state index is -5.00. The molecular weight excluding hydrogens is 424 g/mol. The van der Waals surface area contributed by atoms with Crippen LogP contribution in [0.2, 0.25) is 0 Å². The number of hydrogen-bond donors (Lipinski definition) is 1. The Morgan fingerprint density at radius 2 is 1.32 bits per heavy atom. The molecule has 0 unspecified atom stereocenters. The lowest BCUT2D eigenvalue weighted by atomic mass is 10.1. The second kappa shape index (κ2) is 8.71. The van der Waals surface area contributed by atoms with Crippen LogP contribution in [0.4, 0.5) is 32.0 Å². The normalized spacial score (nSPS) is 11.8. The summed E-state index contributed by atoms with van der Waals surface area (Å²) in [5, 5.41) is 2.08. The summed E-state index contributed by atoms with van der Waals surface area (Å²) in [6, 6.07) is 15.9. The van der Waals surface area contributed by atoms with Crippen molar-refractivity contribution in [2.75, 3.05) is 5.32 Å². The third-order valence-corrected chi connectivity index (χ3v) is 4.21. The third-order valence-electron chi connectivity index (χ3n) is 4.21. The fourth-order valence-corrected chi connectivity index (χ4v) is 2.67. The number of alkyl halides is 6. The van der Waals surface area contributed by atoms with Gasteiger partial charge >= 0.3 is 12.4 Å². The molecule has 0 radical (unpaired) electrons. The van der Waals surface area contributed by atoms with E-state index in [-0.39, 0.29) is 18.2 Å². The molecule has 0 heterocycles. The zero-order chi connectivity index (χ0) is 22.6. The van der Waals surface area contributed by atoms with Crippen molar-refractivity contribution in [3.05, 3.63) is 95.1 Å². The topological polar surface area (TPSA) is 38.3 Å². The van der Waals surface area contributed by atoms with Gasteiger partial charge in [-0.3, -0.25) is 4.79 Å². The van der Waals surface area contributed by atoms with Gasteiger partial charge in [-0.05, 0) is 48.0 Å². The lowest BCUT2D eigenvalue weighted by Gasteiger charge is -2.15. The molecule has 162 valence electrons. The summed E-state index contributed by atoms with van der Waals surface area (Å²) in [5.41, 5.74) is -2.67. The van der Waals surface area contributed by atoms with Gasteiger partial charge in [0.25, 0.3) is 5.91 Å². The van der Waals surface area contributed by atoms with Gasteiger partial charge in [-0.15, -0.1) is 0 Å². The van der Waals surface area contributed by atoms with E-state index in [1.54, 1.807) is 0 Å². The zero-order valence-electron chi connectivity index (χ0n) is 15.7. The number of halogens is 6. The lowest BCUT2D eigenvalue weighted by molar-refractivity contribution is -0.143. The molecule has 3 nitrogen and oxygen atoms in total. The van der Waals surface area contributed by atoms with Crippen LogP contribution in [0.3, 0.4) is 0 Å². The van der Waals surface area contributed by atoms with E-state index in [4.69, 9.17) is 4.74 Å². The van der Waals surface area contributed by atoms with Gasteiger partial charge in [0.1, 0.15) is 12.4 Å². The Hall–Kier alpha value is -3.49. The number of carbonyl (C=O) groups is 1. The maximum atomic E-state index is 12.9. The van der Waals surface area contributed by atoms with Gasteiger partial charge in [-0.1, -0.05) is 30.3 Å². The maximum absolute atomic E-state index is 12.9. The number of rotatable bonds is 5. The van der Waals surface area contributed by atoms with Gasteiger partial charge in [0, 0.05) is 11.3 Å².